The molecule has 0 spiro atoms. The highest BCUT2D eigenvalue weighted by atomic mass is 32.2. The van der Waals surface area contributed by atoms with Crippen molar-refractivity contribution < 1.29 is 14.3 Å². The highest BCUT2D eigenvalue weighted by molar-refractivity contribution is 8.18. The number of allylic oxidation sites excluding steroid dienone is 1. The predicted molar refractivity (Wildman–Crippen MR) is 117 cm³/mol. The largest absolute Gasteiger partial charge is 0.479 e. The van der Waals surface area contributed by atoms with Gasteiger partial charge >= 0.3 is 0 Å². The Hall–Kier alpha value is -3.06. The molecule has 0 bridgehead atoms. The zero-order valence-electron chi connectivity index (χ0n) is 16.6. The lowest BCUT2D eigenvalue weighted by Crippen LogP contribution is -2.29. The number of carbonyl (C=O) groups is 2. The number of imidazole rings is 1. The van der Waals surface area contributed by atoms with Crippen LogP contribution in [0.3, 0.4) is 0 Å². The molecule has 1 aromatic carbocycles. The number of unbranched alkanes of at least 4 members (excludes halogenated alkanes) is 1. The van der Waals surface area contributed by atoms with Crippen LogP contribution in [0.4, 0.5) is 4.79 Å². The molecule has 3 aromatic rings. The highest BCUT2D eigenvalue weighted by Gasteiger charge is 2.34. The first-order valence-corrected chi connectivity index (χ1v) is 10.9. The van der Waals surface area contributed by atoms with Crippen molar-refractivity contribution >= 4 is 28.6 Å². The first kappa shape index (κ1) is 20.2. The van der Waals surface area contributed by atoms with Gasteiger partial charge in [-0.1, -0.05) is 42.5 Å². The molecule has 154 valence electrons. The first-order valence-electron chi connectivity index (χ1n) is 10.0. The number of amides is 2. The standard InChI is InChI=1S/C23H23N3O3S/c27-22-19(11-6-10-18-8-2-1-3-9-18)30-23(28)26(22)15-4-5-17-29-21-13-7-12-20-24-14-16-25(20)21/h1-3,7-9,11-14,16H,4-6,10,15,17H2. The monoisotopic (exact) mass is 421 g/mol. The maximum absolute atomic E-state index is 12.5. The molecule has 0 atom stereocenters. The molecule has 0 N–H and O–H groups in total. The lowest BCUT2D eigenvalue weighted by Gasteiger charge is -2.12. The topological polar surface area (TPSA) is 63.9 Å². The van der Waals surface area contributed by atoms with Gasteiger partial charge in [-0.15, -0.1) is 0 Å². The molecule has 0 radical (unpaired) electrons. The minimum absolute atomic E-state index is 0.179. The Morgan fingerprint density at radius 3 is 2.77 bits per heavy atom. The van der Waals surface area contributed by atoms with Crippen LogP contribution in [0.15, 0.2) is 71.9 Å². The van der Waals surface area contributed by atoms with Gasteiger partial charge in [0, 0.05) is 18.9 Å². The van der Waals surface area contributed by atoms with Crippen molar-refractivity contribution in [2.45, 2.75) is 25.7 Å². The van der Waals surface area contributed by atoms with Gasteiger partial charge in [-0.2, -0.15) is 0 Å². The average molecular weight is 422 g/mol. The number of aromatic nitrogens is 2. The number of thioether (sulfide) groups is 1. The van der Waals surface area contributed by atoms with Crippen molar-refractivity contribution in [2.75, 3.05) is 13.2 Å². The zero-order chi connectivity index (χ0) is 20.8. The SMILES string of the molecule is O=C1SC(=CCCc2ccccc2)C(=O)N1CCCCOc1cccc2nccn12. The molecule has 0 saturated carbocycles. The fraction of sp³-hybridized carbons (Fsp3) is 0.261. The molecule has 1 fully saturated rings. The molecule has 1 aliphatic rings. The lowest BCUT2D eigenvalue weighted by atomic mass is 10.1. The summed E-state index contributed by atoms with van der Waals surface area (Å²) in [6, 6.07) is 15.8. The Kier molecular flexibility index (Phi) is 6.49. The number of benzene rings is 1. The summed E-state index contributed by atoms with van der Waals surface area (Å²) in [4.78, 5) is 30.9. The molecule has 4 rings (SSSR count). The van der Waals surface area contributed by atoms with E-state index in [0.717, 1.165) is 42.6 Å². The van der Waals surface area contributed by atoms with E-state index < -0.39 is 0 Å². The van der Waals surface area contributed by atoms with Crippen molar-refractivity contribution in [1.29, 1.82) is 0 Å². The van der Waals surface area contributed by atoms with Gasteiger partial charge in [0.15, 0.2) is 5.88 Å². The fourth-order valence-electron chi connectivity index (χ4n) is 3.33. The van der Waals surface area contributed by atoms with Gasteiger partial charge in [0.05, 0.1) is 11.5 Å². The maximum atomic E-state index is 12.5. The molecule has 30 heavy (non-hydrogen) atoms. The van der Waals surface area contributed by atoms with Crippen LogP contribution in [0.25, 0.3) is 5.65 Å². The summed E-state index contributed by atoms with van der Waals surface area (Å²) in [6.07, 6.45) is 8.52. The molecule has 3 heterocycles. The third-order valence-corrected chi connectivity index (χ3v) is 5.85. The Balaban J connectivity index is 1.22. The van der Waals surface area contributed by atoms with Crippen LogP contribution in [0.2, 0.25) is 0 Å². The van der Waals surface area contributed by atoms with E-state index in [0.29, 0.717) is 24.5 Å². The normalized spacial score (nSPS) is 15.5. The Bertz CT molecular complexity index is 1060. The average Bonchev–Trinajstić information content (AvgIpc) is 3.34. The summed E-state index contributed by atoms with van der Waals surface area (Å²) >= 11 is 1.04. The van der Waals surface area contributed by atoms with Crippen LogP contribution < -0.4 is 4.74 Å². The third-order valence-electron chi connectivity index (χ3n) is 4.90. The number of nitrogens with zero attached hydrogens (tertiary/aromatic N) is 3. The smallest absolute Gasteiger partial charge is 0.293 e. The number of hydrogen-bond acceptors (Lipinski definition) is 5. The van der Waals surface area contributed by atoms with Crippen molar-refractivity contribution in [3.63, 3.8) is 0 Å². The third kappa shape index (κ3) is 4.74. The van der Waals surface area contributed by atoms with E-state index in [1.54, 1.807) is 6.20 Å². The van der Waals surface area contributed by atoms with Crippen LogP contribution in [-0.2, 0) is 11.2 Å². The van der Waals surface area contributed by atoms with Crippen molar-refractivity contribution in [3.05, 3.63) is 77.5 Å². The minimum atomic E-state index is -0.185. The van der Waals surface area contributed by atoms with E-state index in [2.05, 4.69) is 17.1 Å². The van der Waals surface area contributed by atoms with Crippen molar-refractivity contribution in [3.8, 4) is 5.88 Å². The van der Waals surface area contributed by atoms with E-state index in [-0.39, 0.29) is 11.1 Å². The summed E-state index contributed by atoms with van der Waals surface area (Å²) in [6.45, 7) is 0.930. The number of pyridine rings is 1. The molecule has 6 nitrogen and oxygen atoms in total. The molecular formula is C23H23N3O3S. The predicted octanol–water partition coefficient (Wildman–Crippen LogP) is 4.71. The summed E-state index contributed by atoms with van der Waals surface area (Å²) in [5, 5.41) is -0.185. The summed E-state index contributed by atoms with van der Waals surface area (Å²) < 4.78 is 7.72. The van der Waals surface area contributed by atoms with Gasteiger partial charge in [0.25, 0.3) is 11.1 Å². The Morgan fingerprint density at radius 1 is 1.03 bits per heavy atom. The van der Waals surface area contributed by atoms with Gasteiger partial charge in [-0.3, -0.25) is 18.9 Å². The van der Waals surface area contributed by atoms with Gasteiger partial charge in [0.2, 0.25) is 0 Å². The fourth-order valence-corrected chi connectivity index (χ4v) is 4.20. The quantitative estimate of drug-likeness (QED) is 0.370. The van der Waals surface area contributed by atoms with Crippen LogP contribution in [0, 0.1) is 0 Å². The highest BCUT2D eigenvalue weighted by Crippen LogP contribution is 2.31. The summed E-state index contributed by atoms with van der Waals surface area (Å²) in [7, 11) is 0. The molecule has 1 aliphatic heterocycles. The van der Waals surface area contributed by atoms with E-state index in [9.17, 15) is 9.59 Å². The van der Waals surface area contributed by atoms with Gasteiger partial charge in [0.1, 0.15) is 5.65 Å². The zero-order valence-corrected chi connectivity index (χ0v) is 17.4. The lowest BCUT2D eigenvalue weighted by molar-refractivity contribution is -0.122. The van der Waals surface area contributed by atoms with Gasteiger partial charge < -0.3 is 4.74 Å². The van der Waals surface area contributed by atoms with Crippen molar-refractivity contribution in [2.24, 2.45) is 0 Å². The first-order chi connectivity index (χ1) is 14.7. The molecule has 0 aliphatic carbocycles. The molecule has 1 saturated heterocycles. The number of aryl methyl sites for hydroxylation is 1. The second kappa shape index (κ2) is 9.63. The molecule has 2 amide bonds. The van der Waals surface area contributed by atoms with Crippen LogP contribution in [0.1, 0.15) is 24.8 Å². The number of hydrogen-bond donors (Lipinski definition) is 0. The van der Waals surface area contributed by atoms with Crippen LogP contribution in [-0.4, -0.2) is 38.6 Å². The number of ether oxygens (including phenoxy) is 1. The second-order valence-corrected chi connectivity index (χ2v) is 7.99. The van der Waals surface area contributed by atoms with E-state index in [4.69, 9.17) is 4.74 Å². The van der Waals surface area contributed by atoms with Gasteiger partial charge in [-0.25, -0.2) is 4.98 Å². The molecule has 7 heteroatoms. The number of imide groups is 1. The molecule has 0 unspecified atom stereocenters. The second-order valence-electron chi connectivity index (χ2n) is 6.99. The Labute approximate surface area is 179 Å². The number of carbonyl (C=O) groups excluding carboxylic acids is 2. The number of rotatable bonds is 9. The van der Waals surface area contributed by atoms with E-state index in [1.165, 1.54) is 10.5 Å². The molecule has 2 aromatic heterocycles. The summed E-state index contributed by atoms with van der Waals surface area (Å²) in [5.74, 6) is 0.555. The van der Waals surface area contributed by atoms with E-state index >= 15 is 0 Å². The Morgan fingerprint density at radius 2 is 1.90 bits per heavy atom. The van der Waals surface area contributed by atoms with Crippen molar-refractivity contribution in [1.82, 2.24) is 14.3 Å². The number of fused-ring (bicyclic) bond motifs is 1. The van der Waals surface area contributed by atoms with Gasteiger partial charge in [-0.05, 0) is 55.1 Å². The minimum Gasteiger partial charge on any atom is -0.479 e. The summed E-state index contributed by atoms with van der Waals surface area (Å²) in [5.41, 5.74) is 2.06. The maximum Gasteiger partial charge on any atom is 0.293 e. The van der Waals surface area contributed by atoms with Crippen LogP contribution in [0.5, 0.6) is 5.88 Å². The van der Waals surface area contributed by atoms with Crippen LogP contribution >= 0.6 is 11.8 Å². The molecular weight excluding hydrogens is 398 g/mol. The van der Waals surface area contributed by atoms with E-state index in [1.807, 2.05) is 53.1 Å².